The topological polar surface area (TPSA) is 21.6 Å². The van der Waals surface area contributed by atoms with Crippen molar-refractivity contribution in [2.75, 3.05) is 6.61 Å². The number of hydrogen-bond acceptors (Lipinski definition) is 2. The fourth-order valence-electron chi connectivity index (χ4n) is 1.99. The SMILES string of the molecule is FC(F)(F)c1cc(C(F)(F)F)cc(C2(C(F)(F)F)C=NOC2)c1. The van der Waals surface area contributed by atoms with E-state index in [0.717, 1.165) is 0 Å². The summed E-state index contributed by atoms with van der Waals surface area (Å²) in [6.07, 6.45) is -15.5. The molecule has 128 valence electrons. The van der Waals surface area contributed by atoms with Gasteiger partial charge in [-0.25, -0.2) is 0 Å². The first-order valence-corrected chi connectivity index (χ1v) is 5.80. The van der Waals surface area contributed by atoms with E-state index in [2.05, 4.69) is 9.99 Å². The van der Waals surface area contributed by atoms with Crippen molar-refractivity contribution in [3.63, 3.8) is 0 Å². The maximum atomic E-state index is 13.2. The van der Waals surface area contributed by atoms with Crippen molar-refractivity contribution >= 4 is 6.21 Å². The number of nitrogens with zero attached hydrogens (tertiary/aromatic N) is 1. The summed E-state index contributed by atoms with van der Waals surface area (Å²) in [5.41, 5.74) is -8.10. The van der Waals surface area contributed by atoms with Gasteiger partial charge in [-0.15, -0.1) is 0 Å². The van der Waals surface area contributed by atoms with Crippen LogP contribution in [-0.4, -0.2) is 19.0 Å². The van der Waals surface area contributed by atoms with Gasteiger partial charge in [-0.1, -0.05) is 5.16 Å². The average Bonchev–Trinajstić information content (AvgIpc) is 2.86. The van der Waals surface area contributed by atoms with E-state index in [1.165, 1.54) is 0 Å². The Morgan fingerprint density at radius 2 is 1.30 bits per heavy atom. The number of oxime groups is 1. The summed E-state index contributed by atoms with van der Waals surface area (Å²) in [5, 5.41) is 2.86. The molecule has 0 aromatic heterocycles. The molecule has 0 bridgehead atoms. The van der Waals surface area contributed by atoms with E-state index in [-0.39, 0.29) is 24.4 Å². The number of alkyl halides is 9. The first-order valence-electron chi connectivity index (χ1n) is 5.80. The van der Waals surface area contributed by atoms with Crippen LogP contribution in [0.1, 0.15) is 16.7 Å². The van der Waals surface area contributed by atoms with E-state index in [0.29, 0.717) is 0 Å². The zero-order valence-electron chi connectivity index (χ0n) is 10.8. The van der Waals surface area contributed by atoms with Gasteiger partial charge in [0.2, 0.25) is 0 Å². The molecule has 0 N–H and O–H groups in total. The monoisotopic (exact) mass is 351 g/mol. The van der Waals surface area contributed by atoms with Gasteiger partial charge < -0.3 is 4.84 Å². The van der Waals surface area contributed by atoms with Crippen LogP contribution < -0.4 is 0 Å². The number of halogens is 9. The maximum absolute atomic E-state index is 13.2. The second kappa shape index (κ2) is 5.03. The van der Waals surface area contributed by atoms with Gasteiger partial charge in [0.15, 0.2) is 5.41 Å². The van der Waals surface area contributed by atoms with Crippen LogP contribution in [0.3, 0.4) is 0 Å². The molecule has 0 fully saturated rings. The van der Waals surface area contributed by atoms with Gasteiger partial charge >= 0.3 is 18.5 Å². The molecule has 1 aromatic carbocycles. The van der Waals surface area contributed by atoms with Gasteiger partial charge in [0.25, 0.3) is 0 Å². The third-order valence-corrected chi connectivity index (χ3v) is 3.25. The van der Waals surface area contributed by atoms with Crippen LogP contribution >= 0.6 is 0 Å². The number of benzene rings is 1. The standard InChI is InChI=1S/C12H6F9NO/c13-10(14,15)7-1-6(2-8(3-7)11(16,17)18)9(12(19,20)21)4-22-23-5-9/h1-4H,5H2. The minimum atomic E-state index is -5.25. The molecular weight excluding hydrogens is 345 g/mol. The van der Waals surface area contributed by atoms with E-state index in [4.69, 9.17) is 0 Å². The van der Waals surface area contributed by atoms with Crippen molar-refractivity contribution in [2.45, 2.75) is 23.9 Å². The summed E-state index contributed by atoms with van der Waals surface area (Å²) in [6.45, 7) is -1.24. The molecule has 1 aromatic rings. The van der Waals surface area contributed by atoms with Crippen LogP contribution in [0.25, 0.3) is 0 Å². The van der Waals surface area contributed by atoms with Crippen molar-refractivity contribution in [2.24, 2.45) is 5.16 Å². The van der Waals surface area contributed by atoms with Crippen LogP contribution in [0.5, 0.6) is 0 Å². The number of rotatable bonds is 1. The first kappa shape index (κ1) is 17.4. The second-order valence-corrected chi connectivity index (χ2v) is 4.77. The second-order valence-electron chi connectivity index (χ2n) is 4.77. The molecule has 0 saturated heterocycles. The Kier molecular flexibility index (Phi) is 3.81. The van der Waals surface area contributed by atoms with Crippen molar-refractivity contribution in [3.8, 4) is 0 Å². The molecule has 1 aliphatic rings. The van der Waals surface area contributed by atoms with Gasteiger partial charge in [0.1, 0.15) is 6.61 Å². The summed E-state index contributed by atoms with van der Waals surface area (Å²) in [6, 6.07) is -0.215. The van der Waals surface area contributed by atoms with Crippen molar-refractivity contribution in [1.29, 1.82) is 0 Å². The largest absolute Gasteiger partial charge is 0.416 e. The molecule has 0 radical (unpaired) electrons. The summed E-state index contributed by atoms with van der Waals surface area (Å²) in [7, 11) is 0. The molecule has 2 nitrogen and oxygen atoms in total. The van der Waals surface area contributed by atoms with Crippen LogP contribution in [0.2, 0.25) is 0 Å². The highest BCUT2D eigenvalue weighted by atomic mass is 19.4. The molecule has 2 rings (SSSR count). The lowest BCUT2D eigenvalue weighted by molar-refractivity contribution is -0.176. The lowest BCUT2D eigenvalue weighted by atomic mass is 9.80. The minimum absolute atomic E-state index is 0.0173. The third kappa shape index (κ3) is 3.08. The molecule has 0 spiro atoms. The molecule has 1 unspecified atom stereocenters. The lowest BCUT2D eigenvalue weighted by Gasteiger charge is -2.28. The minimum Gasteiger partial charge on any atom is -0.394 e. The van der Waals surface area contributed by atoms with Crippen molar-refractivity contribution in [3.05, 3.63) is 34.9 Å². The third-order valence-electron chi connectivity index (χ3n) is 3.25. The Morgan fingerprint density at radius 3 is 1.61 bits per heavy atom. The molecule has 11 heteroatoms. The van der Waals surface area contributed by atoms with Gasteiger partial charge in [-0.05, 0) is 23.8 Å². The smallest absolute Gasteiger partial charge is 0.394 e. The van der Waals surface area contributed by atoms with Gasteiger partial charge in [-0.3, -0.25) is 0 Å². The van der Waals surface area contributed by atoms with Crippen LogP contribution in [0.4, 0.5) is 39.5 Å². The Hall–Kier alpha value is -1.94. The fraction of sp³-hybridized carbons (Fsp3) is 0.417. The van der Waals surface area contributed by atoms with Gasteiger partial charge in [0, 0.05) is 0 Å². The van der Waals surface area contributed by atoms with E-state index in [1.54, 1.807) is 0 Å². The van der Waals surface area contributed by atoms with Crippen molar-refractivity contribution in [1.82, 2.24) is 0 Å². The highest BCUT2D eigenvalue weighted by molar-refractivity contribution is 5.76. The molecule has 0 saturated carbocycles. The molecule has 1 aliphatic heterocycles. The number of hydrogen-bond donors (Lipinski definition) is 0. The lowest BCUT2D eigenvalue weighted by Crippen LogP contribution is -2.45. The molecule has 23 heavy (non-hydrogen) atoms. The van der Waals surface area contributed by atoms with E-state index in [1.807, 2.05) is 0 Å². The molecule has 1 atom stereocenters. The maximum Gasteiger partial charge on any atom is 0.416 e. The van der Waals surface area contributed by atoms with Crippen molar-refractivity contribution < 1.29 is 44.4 Å². The van der Waals surface area contributed by atoms with Crippen LogP contribution in [0, 0.1) is 0 Å². The summed E-state index contributed by atoms with van der Waals surface area (Å²) in [4.78, 5) is 4.18. The molecule has 0 amide bonds. The van der Waals surface area contributed by atoms with E-state index < -0.39 is 47.2 Å². The quantitative estimate of drug-likeness (QED) is 0.681. The highest BCUT2D eigenvalue weighted by Crippen LogP contribution is 2.45. The highest BCUT2D eigenvalue weighted by Gasteiger charge is 2.59. The molecule has 0 aliphatic carbocycles. The Morgan fingerprint density at radius 1 is 0.826 bits per heavy atom. The summed E-state index contributed by atoms with van der Waals surface area (Å²) in [5.74, 6) is 0. The summed E-state index contributed by atoms with van der Waals surface area (Å²) >= 11 is 0. The Balaban J connectivity index is 2.73. The fourth-order valence-corrected chi connectivity index (χ4v) is 1.99. The average molecular weight is 351 g/mol. The first-order chi connectivity index (χ1) is 10.3. The van der Waals surface area contributed by atoms with Crippen LogP contribution in [0.15, 0.2) is 23.4 Å². The Bertz CT molecular complexity index is 597. The molecular formula is C12H6F9NO. The zero-order chi connectivity index (χ0) is 17.7. The van der Waals surface area contributed by atoms with Gasteiger partial charge in [-0.2, -0.15) is 39.5 Å². The zero-order valence-corrected chi connectivity index (χ0v) is 10.8. The Labute approximate surface area is 122 Å². The van der Waals surface area contributed by atoms with E-state index >= 15 is 0 Å². The van der Waals surface area contributed by atoms with Gasteiger partial charge in [0.05, 0.1) is 17.3 Å². The van der Waals surface area contributed by atoms with Crippen LogP contribution in [-0.2, 0) is 22.6 Å². The summed E-state index contributed by atoms with van der Waals surface area (Å²) < 4.78 is 116. The molecule has 1 heterocycles. The van der Waals surface area contributed by atoms with E-state index in [9.17, 15) is 39.5 Å². The predicted molar refractivity (Wildman–Crippen MR) is 58.6 cm³/mol. The normalized spacial score (nSPS) is 22.3. The predicted octanol–water partition coefficient (Wildman–Crippen LogP) is 4.54.